The van der Waals surface area contributed by atoms with Gasteiger partial charge in [0.2, 0.25) is 0 Å². The van der Waals surface area contributed by atoms with Crippen molar-refractivity contribution in [1.82, 2.24) is 19.9 Å². The van der Waals surface area contributed by atoms with Crippen LogP contribution in [0.4, 0.5) is 0 Å². The minimum atomic E-state index is 0.643. The molecule has 2 aliphatic carbocycles. The van der Waals surface area contributed by atoms with Crippen LogP contribution in [0.1, 0.15) is 29.8 Å². The van der Waals surface area contributed by atoms with E-state index in [1.165, 1.54) is 33.2 Å². The molecule has 226 valence electrons. The molecule has 0 bridgehead atoms. The molecule has 0 aliphatic heterocycles. The summed E-state index contributed by atoms with van der Waals surface area (Å²) in [5.41, 5.74) is 13.5. The standard InChI is InChI=1S/C43H28N4O/c1-2-8-33-29(7-1)21-39-34(33)10-5-12-37(39)42-44-22-31(23-45-42)27-17-15-26-16-18-28(20-30(26)19-27)32-24-46-43(47-25-32)38-13-6-11-36-35-9-3-4-14-40(35)48-41(36)38/h1-4,6-9,11-20,22-25H,5,10,21H2. The Kier molecular flexibility index (Phi) is 6.00. The quantitative estimate of drug-likeness (QED) is 0.197. The van der Waals surface area contributed by atoms with Crippen molar-refractivity contribution in [1.29, 1.82) is 0 Å². The highest BCUT2D eigenvalue weighted by atomic mass is 16.3. The van der Waals surface area contributed by atoms with Crippen LogP contribution in [0.15, 0.2) is 144 Å². The number of aromatic nitrogens is 4. The Balaban J connectivity index is 0.937. The first-order valence-electron chi connectivity index (χ1n) is 16.4. The van der Waals surface area contributed by atoms with E-state index in [0.29, 0.717) is 5.82 Å². The molecule has 0 spiro atoms. The largest absolute Gasteiger partial charge is 0.455 e. The maximum Gasteiger partial charge on any atom is 0.162 e. The highest BCUT2D eigenvalue weighted by Crippen LogP contribution is 2.44. The molecule has 0 fully saturated rings. The van der Waals surface area contributed by atoms with Crippen LogP contribution in [-0.2, 0) is 6.42 Å². The predicted molar refractivity (Wildman–Crippen MR) is 193 cm³/mol. The minimum Gasteiger partial charge on any atom is -0.455 e. The van der Waals surface area contributed by atoms with Crippen molar-refractivity contribution in [3.63, 3.8) is 0 Å². The molecule has 0 saturated carbocycles. The van der Waals surface area contributed by atoms with Crippen LogP contribution in [0.25, 0.3) is 77.5 Å². The second-order valence-corrected chi connectivity index (χ2v) is 12.6. The Morgan fingerprint density at radius 1 is 0.521 bits per heavy atom. The van der Waals surface area contributed by atoms with Crippen molar-refractivity contribution < 1.29 is 4.42 Å². The van der Waals surface area contributed by atoms with Crippen molar-refractivity contribution in [2.45, 2.75) is 19.3 Å². The zero-order chi connectivity index (χ0) is 31.6. The minimum absolute atomic E-state index is 0.643. The Labute approximate surface area is 277 Å². The highest BCUT2D eigenvalue weighted by molar-refractivity contribution is 6.09. The van der Waals surface area contributed by atoms with Gasteiger partial charge in [0.05, 0.1) is 5.56 Å². The van der Waals surface area contributed by atoms with Crippen LogP contribution >= 0.6 is 0 Å². The lowest BCUT2D eigenvalue weighted by atomic mass is 9.90. The lowest BCUT2D eigenvalue weighted by Crippen LogP contribution is -2.02. The van der Waals surface area contributed by atoms with Gasteiger partial charge in [0.25, 0.3) is 0 Å². The first-order chi connectivity index (χ1) is 23.8. The number of hydrogen-bond acceptors (Lipinski definition) is 5. The normalized spacial score (nSPS) is 14.0. The highest BCUT2D eigenvalue weighted by Gasteiger charge is 2.27. The van der Waals surface area contributed by atoms with Crippen LogP contribution in [0.2, 0.25) is 0 Å². The van der Waals surface area contributed by atoms with Gasteiger partial charge in [-0.3, -0.25) is 0 Å². The van der Waals surface area contributed by atoms with Gasteiger partial charge in [-0.15, -0.1) is 0 Å². The van der Waals surface area contributed by atoms with Crippen LogP contribution < -0.4 is 0 Å². The van der Waals surface area contributed by atoms with Crippen LogP contribution in [0.3, 0.4) is 0 Å². The fraction of sp³-hybridized carbons (Fsp3) is 0.0698. The number of furan rings is 1. The molecule has 0 radical (unpaired) electrons. The topological polar surface area (TPSA) is 64.7 Å². The molecule has 5 heteroatoms. The maximum absolute atomic E-state index is 6.22. The van der Waals surface area contributed by atoms with E-state index in [-0.39, 0.29) is 0 Å². The van der Waals surface area contributed by atoms with Gasteiger partial charge in [-0.25, -0.2) is 19.9 Å². The zero-order valence-electron chi connectivity index (χ0n) is 26.0. The first-order valence-corrected chi connectivity index (χ1v) is 16.4. The molecule has 0 amide bonds. The number of nitrogens with zero attached hydrogens (tertiary/aromatic N) is 4. The predicted octanol–water partition coefficient (Wildman–Crippen LogP) is 10.5. The average Bonchev–Trinajstić information content (AvgIpc) is 3.73. The number of hydrogen-bond donors (Lipinski definition) is 0. The Morgan fingerprint density at radius 3 is 1.98 bits per heavy atom. The number of allylic oxidation sites excluding steroid dienone is 4. The molecule has 0 unspecified atom stereocenters. The second kappa shape index (κ2) is 10.7. The van der Waals surface area contributed by atoms with Gasteiger partial charge < -0.3 is 4.42 Å². The first kappa shape index (κ1) is 27.0. The summed E-state index contributed by atoms with van der Waals surface area (Å²) < 4.78 is 6.22. The van der Waals surface area contributed by atoms with E-state index in [9.17, 15) is 0 Å². The Morgan fingerprint density at radius 2 is 1.19 bits per heavy atom. The summed E-state index contributed by atoms with van der Waals surface area (Å²) in [7, 11) is 0. The van der Waals surface area contributed by atoms with Crippen molar-refractivity contribution >= 4 is 43.9 Å². The van der Waals surface area contributed by atoms with E-state index >= 15 is 0 Å². The molecule has 2 aliphatic rings. The Bertz CT molecular complexity index is 2630. The third kappa shape index (κ3) is 4.32. The summed E-state index contributed by atoms with van der Waals surface area (Å²) in [5.74, 6) is 1.45. The molecule has 3 aromatic heterocycles. The van der Waals surface area contributed by atoms with E-state index in [2.05, 4.69) is 78.9 Å². The summed E-state index contributed by atoms with van der Waals surface area (Å²) in [6.45, 7) is 0. The maximum atomic E-state index is 6.22. The van der Waals surface area contributed by atoms with Gasteiger partial charge in [0.15, 0.2) is 11.6 Å². The second-order valence-electron chi connectivity index (χ2n) is 12.6. The third-order valence-electron chi connectivity index (χ3n) is 9.84. The molecule has 5 nitrogen and oxygen atoms in total. The smallest absolute Gasteiger partial charge is 0.162 e. The molecule has 3 heterocycles. The van der Waals surface area contributed by atoms with Gasteiger partial charge in [-0.1, -0.05) is 84.9 Å². The number of rotatable bonds is 4. The number of fused-ring (bicyclic) bond motifs is 6. The molecule has 48 heavy (non-hydrogen) atoms. The molecule has 0 saturated heterocycles. The third-order valence-corrected chi connectivity index (χ3v) is 9.84. The summed E-state index contributed by atoms with van der Waals surface area (Å²) >= 11 is 0. The molecule has 0 N–H and O–H groups in total. The van der Waals surface area contributed by atoms with Gasteiger partial charge in [-0.2, -0.15) is 0 Å². The van der Waals surface area contributed by atoms with Crippen molar-refractivity contribution in [3.8, 4) is 33.6 Å². The van der Waals surface area contributed by atoms with Gasteiger partial charge in [-0.05, 0) is 87.7 Å². The average molecular weight is 617 g/mol. The fourth-order valence-electron chi connectivity index (χ4n) is 7.44. The van der Waals surface area contributed by atoms with Gasteiger partial charge in [0.1, 0.15) is 11.2 Å². The van der Waals surface area contributed by atoms with Crippen molar-refractivity contribution in [3.05, 3.63) is 157 Å². The molecule has 8 aromatic rings. The number of benzene rings is 5. The summed E-state index contributed by atoms with van der Waals surface area (Å²) in [4.78, 5) is 19.3. The van der Waals surface area contributed by atoms with E-state index in [1.54, 1.807) is 0 Å². The van der Waals surface area contributed by atoms with Crippen molar-refractivity contribution in [2.75, 3.05) is 0 Å². The van der Waals surface area contributed by atoms with E-state index < -0.39 is 0 Å². The Hall–Kier alpha value is -6.20. The van der Waals surface area contributed by atoms with Crippen LogP contribution in [0.5, 0.6) is 0 Å². The molecule has 5 aromatic carbocycles. The van der Waals surface area contributed by atoms with E-state index in [1.807, 2.05) is 55.1 Å². The fourth-order valence-corrected chi connectivity index (χ4v) is 7.44. The molecule has 0 atom stereocenters. The monoisotopic (exact) mass is 616 g/mol. The van der Waals surface area contributed by atoms with Crippen LogP contribution in [0, 0.1) is 0 Å². The lowest BCUT2D eigenvalue weighted by Gasteiger charge is -2.16. The summed E-state index contributed by atoms with van der Waals surface area (Å²) in [5, 5.41) is 4.47. The van der Waals surface area contributed by atoms with Crippen LogP contribution in [-0.4, -0.2) is 19.9 Å². The van der Waals surface area contributed by atoms with E-state index in [4.69, 9.17) is 24.4 Å². The molecular formula is C43H28N4O. The molecular weight excluding hydrogens is 589 g/mol. The van der Waals surface area contributed by atoms with Gasteiger partial charge in [0, 0.05) is 52.3 Å². The summed E-state index contributed by atoms with van der Waals surface area (Å²) in [6.07, 6.45) is 13.1. The van der Waals surface area contributed by atoms with Crippen molar-refractivity contribution in [2.24, 2.45) is 0 Å². The summed E-state index contributed by atoms with van der Waals surface area (Å²) in [6, 6.07) is 36.0. The zero-order valence-corrected chi connectivity index (χ0v) is 26.0. The van der Waals surface area contributed by atoms with Gasteiger partial charge >= 0.3 is 0 Å². The SMILES string of the molecule is C1=C(c2ncc(-c3ccc4ccc(-c5cnc(-c6cccc7c6oc6ccccc67)nc5)cc4c3)cn2)C2=C(CC1)c1ccccc1C2. The molecule has 10 rings (SSSR count). The van der Waals surface area contributed by atoms with E-state index in [0.717, 1.165) is 80.2 Å². The lowest BCUT2D eigenvalue weighted by molar-refractivity contribution is 0.669. The number of para-hydroxylation sites is 2.